The van der Waals surface area contributed by atoms with Gasteiger partial charge in [-0.1, -0.05) is 18.2 Å². The fraction of sp³-hybridized carbons (Fsp3) is 0.562. The highest BCUT2D eigenvalue weighted by molar-refractivity contribution is 5.94. The van der Waals surface area contributed by atoms with Gasteiger partial charge < -0.3 is 5.32 Å². The lowest BCUT2D eigenvalue weighted by atomic mass is 9.57. The van der Waals surface area contributed by atoms with Crippen LogP contribution in [0.15, 0.2) is 30.3 Å². The number of carbonyl (C=O) groups excluding carboxylic acids is 1. The van der Waals surface area contributed by atoms with Crippen molar-refractivity contribution >= 4 is 5.91 Å². The summed E-state index contributed by atoms with van der Waals surface area (Å²) in [5.41, 5.74) is -1.39. The van der Waals surface area contributed by atoms with E-state index in [1.165, 1.54) is 0 Å². The second kappa shape index (κ2) is 4.75. The Balaban J connectivity index is 1.71. The Kier molecular flexibility index (Phi) is 3.26. The van der Waals surface area contributed by atoms with Gasteiger partial charge in [0.15, 0.2) is 0 Å². The largest absolute Gasteiger partial charge is 0.394 e. The highest BCUT2D eigenvalue weighted by atomic mass is 19.4. The fourth-order valence-corrected chi connectivity index (χ4v) is 3.70. The molecule has 114 valence electrons. The van der Waals surface area contributed by atoms with Gasteiger partial charge in [0.25, 0.3) is 5.91 Å². The topological polar surface area (TPSA) is 29.1 Å². The summed E-state index contributed by atoms with van der Waals surface area (Å²) >= 11 is 0. The van der Waals surface area contributed by atoms with Crippen LogP contribution in [-0.2, 0) is 0 Å². The van der Waals surface area contributed by atoms with Crippen LogP contribution in [0, 0.1) is 5.41 Å². The molecule has 3 fully saturated rings. The third kappa shape index (κ3) is 2.43. The van der Waals surface area contributed by atoms with Gasteiger partial charge in [0.05, 0.1) is 5.41 Å². The number of hydrogen-bond donors (Lipinski definition) is 1. The maximum Gasteiger partial charge on any atom is 0.394 e. The van der Waals surface area contributed by atoms with Crippen molar-refractivity contribution in [2.24, 2.45) is 5.41 Å². The second-order valence-electron chi connectivity index (χ2n) is 6.38. The molecule has 1 N–H and O–H groups in total. The zero-order chi connectivity index (χ0) is 15.1. The third-order valence-electron chi connectivity index (χ3n) is 5.26. The molecule has 0 unspecified atom stereocenters. The van der Waals surface area contributed by atoms with Crippen LogP contribution < -0.4 is 5.32 Å². The first-order valence-corrected chi connectivity index (χ1v) is 7.30. The van der Waals surface area contributed by atoms with Crippen molar-refractivity contribution in [2.75, 3.05) is 0 Å². The summed E-state index contributed by atoms with van der Waals surface area (Å²) in [7, 11) is 0. The van der Waals surface area contributed by atoms with E-state index in [4.69, 9.17) is 0 Å². The number of halogens is 3. The van der Waals surface area contributed by atoms with E-state index >= 15 is 0 Å². The maximum atomic E-state index is 13.2. The van der Waals surface area contributed by atoms with Gasteiger partial charge in [-0.05, 0) is 50.7 Å². The van der Waals surface area contributed by atoms with Crippen LogP contribution in [-0.4, -0.2) is 17.6 Å². The molecular formula is C16H18F3NO. The van der Waals surface area contributed by atoms with Crippen LogP contribution >= 0.6 is 0 Å². The number of rotatable bonds is 2. The molecule has 1 aromatic rings. The van der Waals surface area contributed by atoms with E-state index in [1.807, 2.05) is 6.07 Å². The van der Waals surface area contributed by atoms with E-state index in [2.05, 4.69) is 5.32 Å². The minimum absolute atomic E-state index is 0.131. The van der Waals surface area contributed by atoms with Gasteiger partial charge in [0.2, 0.25) is 0 Å². The molecule has 2 nitrogen and oxygen atoms in total. The van der Waals surface area contributed by atoms with Crippen LogP contribution in [0.5, 0.6) is 0 Å². The summed E-state index contributed by atoms with van der Waals surface area (Å²) in [6, 6.07) is 8.83. The van der Waals surface area contributed by atoms with Crippen molar-refractivity contribution in [1.82, 2.24) is 5.32 Å². The molecule has 21 heavy (non-hydrogen) atoms. The lowest BCUT2D eigenvalue weighted by Gasteiger charge is -2.53. The smallest absolute Gasteiger partial charge is 0.347 e. The Bertz CT molecular complexity index is 514. The highest BCUT2D eigenvalue weighted by Gasteiger charge is 2.61. The first-order chi connectivity index (χ1) is 9.86. The first-order valence-electron chi connectivity index (χ1n) is 7.30. The zero-order valence-corrected chi connectivity index (χ0v) is 11.7. The van der Waals surface area contributed by atoms with Gasteiger partial charge in [-0.25, -0.2) is 0 Å². The molecule has 0 aromatic heterocycles. The molecule has 4 rings (SSSR count). The zero-order valence-electron chi connectivity index (χ0n) is 11.7. The quantitative estimate of drug-likeness (QED) is 0.876. The molecule has 2 bridgehead atoms. The monoisotopic (exact) mass is 297 g/mol. The number of hydrogen-bond acceptors (Lipinski definition) is 1. The number of nitrogens with one attached hydrogen (secondary N) is 1. The molecule has 0 saturated heterocycles. The van der Waals surface area contributed by atoms with Crippen molar-refractivity contribution in [3.8, 4) is 0 Å². The Labute approximate surface area is 121 Å². The minimum Gasteiger partial charge on any atom is -0.347 e. The Morgan fingerprint density at radius 2 is 1.48 bits per heavy atom. The molecule has 1 aromatic carbocycles. The average Bonchev–Trinajstić information content (AvgIpc) is 2.48. The SMILES string of the molecule is O=C(NC12CCC(C(F)(F)F)(CC1)CC2)c1ccccc1. The van der Waals surface area contributed by atoms with E-state index in [1.54, 1.807) is 24.3 Å². The third-order valence-corrected chi connectivity index (χ3v) is 5.26. The van der Waals surface area contributed by atoms with E-state index in [0.717, 1.165) is 0 Å². The molecule has 3 saturated carbocycles. The number of amides is 1. The minimum atomic E-state index is -4.12. The van der Waals surface area contributed by atoms with Gasteiger partial charge >= 0.3 is 6.18 Å². The van der Waals surface area contributed by atoms with Crippen molar-refractivity contribution in [1.29, 1.82) is 0 Å². The molecule has 0 aliphatic heterocycles. The Morgan fingerprint density at radius 3 is 1.95 bits per heavy atom. The summed E-state index contributed by atoms with van der Waals surface area (Å²) in [5, 5.41) is 3.00. The molecule has 3 aliphatic carbocycles. The predicted molar refractivity (Wildman–Crippen MR) is 72.8 cm³/mol. The Hall–Kier alpha value is -1.52. The summed E-state index contributed by atoms with van der Waals surface area (Å²) in [6.45, 7) is 0. The van der Waals surface area contributed by atoms with E-state index < -0.39 is 17.1 Å². The van der Waals surface area contributed by atoms with Crippen LogP contribution in [0.3, 0.4) is 0 Å². The number of fused-ring (bicyclic) bond motifs is 3. The van der Waals surface area contributed by atoms with Crippen LogP contribution in [0.2, 0.25) is 0 Å². The molecular weight excluding hydrogens is 279 g/mol. The van der Waals surface area contributed by atoms with Gasteiger partial charge in [-0.15, -0.1) is 0 Å². The van der Waals surface area contributed by atoms with Gasteiger partial charge in [0, 0.05) is 11.1 Å². The van der Waals surface area contributed by atoms with Gasteiger partial charge in [0.1, 0.15) is 0 Å². The highest BCUT2D eigenvalue weighted by Crippen LogP contribution is 2.59. The number of alkyl halides is 3. The molecule has 0 radical (unpaired) electrons. The normalized spacial score (nSPS) is 32.0. The van der Waals surface area contributed by atoms with Crippen molar-refractivity contribution < 1.29 is 18.0 Å². The van der Waals surface area contributed by atoms with Crippen LogP contribution in [0.25, 0.3) is 0 Å². The Morgan fingerprint density at radius 1 is 0.952 bits per heavy atom. The number of carbonyl (C=O) groups is 1. The summed E-state index contributed by atoms with van der Waals surface area (Å²) in [4.78, 5) is 12.2. The summed E-state index contributed by atoms with van der Waals surface area (Å²) < 4.78 is 39.6. The van der Waals surface area contributed by atoms with E-state index in [9.17, 15) is 18.0 Å². The molecule has 0 spiro atoms. The molecule has 5 heteroatoms. The molecule has 0 atom stereocenters. The van der Waals surface area contributed by atoms with Gasteiger partial charge in [-0.3, -0.25) is 4.79 Å². The molecule has 1 amide bonds. The molecule has 3 aliphatic rings. The fourth-order valence-electron chi connectivity index (χ4n) is 3.70. The van der Waals surface area contributed by atoms with Crippen molar-refractivity contribution in [3.63, 3.8) is 0 Å². The summed E-state index contributed by atoms with van der Waals surface area (Å²) in [5.74, 6) is -0.183. The lowest BCUT2D eigenvalue weighted by Crippen LogP contribution is -2.59. The number of benzene rings is 1. The van der Waals surface area contributed by atoms with Gasteiger partial charge in [-0.2, -0.15) is 13.2 Å². The molecule has 0 heterocycles. The second-order valence-corrected chi connectivity index (χ2v) is 6.38. The van der Waals surface area contributed by atoms with E-state index in [0.29, 0.717) is 24.8 Å². The van der Waals surface area contributed by atoms with E-state index in [-0.39, 0.29) is 25.2 Å². The van der Waals surface area contributed by atoms with Crippen molar-refractivity contribution in [2.45, 2.75) is 50.2 Å². The van der Waals surface area contributed by atoms with Crippen LogP contribution in [0.1, 0.15) is 48.9 Å². The lowest BCUT2D eigenvalue weighted by molar-refractivity contribution is -0.253. The van der Waals surface area contributed by atoms with Crippen LogP contribution in [0.4, 0.5) is 13.2 Å². The van der Waals surface area contributed by atoms with Crippen molar-refractivity contribution in [3.05, 3.63) is 35.9 Å². The summed E-state index contributed by atoms with van der Waals surface area (Å²) in [6.07, 6.45) is -2.47. The maximum absolute atomic E-state index is 13.2. The standard InChI is InChI=1S/C16H18F3NO/c17-16(18,19)14-6-9-15(10-7-14,11-8-14)20-13(21)12-4-2-1-3-5-12/h1-5H,6-11H2,(H,20,21). The predicted octanol–water partition coefficient (Wildman–Crippen LogP) is 4.07. The first kappa shape index (κ1) is 14.4. The average molecular weight is 297 g/mol.